The van der Waals surface area contributed by atoms with Gasteiger partial charge in [-0.25, -0.2) is 0 Å². The van der Waals surface area contributed by atoms with Crippen molar-refractivity contribution in [1.29, 1.82) is 0 Å². The number of aryl methyl sites for hydroxylation is 1. The third kappa shape index (κ3) is 2.04. The van der Waals surface area contributed by atoms with E-state index in [1.807, 2.05) is 23.9 Å². The summed E-state index contributed by atoms with van der Waals surface area (Å²) in [5.74, 6) is 1.47. The minimum Gasteiger partial charge on any atom is -0.338 e. The first-order valence-corrected chi connectivity index (χ1v) is 7.63. The van der Waals surface area contributed by atoms with E-state index in [1.165, 1.54) is 12.0 Å². The summed E-state index contributed by atoms with van der Waals surface area (Å²) < 4.78 is 7.46. The molecule has 4 rings (SSSR count). The first-order valence-electron chi connectivity index (χ1n) is 7.63. The molecule has 5 heteroatoms. The van der Waals surface area contributed by atoms with Crippen molar-refractivity contribution in [2.45, 2.75) is 31.1 Å². The average molecular weight is 294 g/mol. The molecule has 5 nitrogen and oxygen atoms in total. The Balaban J connectivity index is 1.64. The molecule has 0 saturated heterocycles. The van der Waals surface area contributed by atoms with Gasteiger partial charge in [-0.2, -0.15) is 10.1 Å². The van der Waals surface area contributed by atoms with Gasteiger partial charge in [-0.3, -0.25) is 4.68 Å². The Morgan fingerprint density at radius 3 is 2.64 bits per heavy atom. The second kappa shape index (κ2) is 5.09. The first-order chi connectivity index (χ1) is 10.8. The van der Waals surface area contributed by atoms with Crippen LogP contribution in [0.25, 0.3) is 0 Å². The summed E-state index contributed by atoms with van der Waals surface area (Å²) in [6.45, 7) is 0. The van der Waals surface area contributed by atoms with Gasteiger partial charge in [0.15, 0.2) is 5.82 Å². The van der Waals surface area contributed by atoms with Gasteiger partial charge >= 0.3 is 0 Å². The van der Waals surface area contributed by atoms with Crippen LogP contribution in [0, 0.1) is 0 Å². The molecule has 0 bridgehead atoms. The molecule has 0 N–H and O–H groups in total. The van der Waals surface area contributed by atoms with Crippen LogP contribution in [0.1, 0.15) is 42.2 Å². The molecule has 112 valence electrons. The quantitative estimate of drug-likeness (QED) is 0.742. The van der Waals surface area contributed by atoms with Crippen molar-refractivity contribution in [3.63, 3.8) is 0 Å². The monoisotopic (exact) mass is 294 g/mol. The minimum atomic E-state index is -0.0844. The van der Waals surface area contributed by atoms with E-state index in [9.17, 15) is 0 Å². The Labute approximate surface area is 129 Å². The summed E-state index contributed by atoms with van der Waals surface area (Å²) in [4.78, 5) is 4.68. The van der Waals surface area contributed by atoms with E-state index in [0.29, 0.717) is 6.42 Å². The minimum absolute atomic E-state index is 0.0844. The lowest BCUT2D eigenvalue weighted by Crippen LogP contribution is -2.35. The molecule has 0 atom stereocenters. The topological polar surface area (TPSA) is 56.7 Å². The molecule has 22 heavy (non-hydrogen) atoms. The summed E-state index contributed by atoms with van der Waals surface area (Å²) >= 11 is 0. The highest BCUT2D eigenvalue weighted by molar-refractivity contribution is 5.34. The summed E-state index contributed by atoms with van der Waals surface area (Å²) in [6.07, 6.45) is 5.78. The predicted octanol–water partition coefficient (Wildman–Crippen LogP) is 2.86. The smallest absolute Gasteiger partial charge is 0.237 e. The number of rotatable bonds is 4. The van der Waals surface area contributed by atoms with Crippen molar-refractivity contribution in [2.24, 2.45) is 7.05 Å². The van der Waals surface area contributed by atoms with Crippen LogP contribution in [-0.4, -0.2) is 19.9 Å². The SMILES string of the molecule is Cn1nccc1Cc1noc(C2(c3ccccc3)CCC2)n1. The lowest BCUT2D eigenvalue weighted by Gasteiger charge is -2.38. The van der Waals surface area contributed by atoms with Crippen LogP contribution in [0.15, 0.2) is 47.1 Å². The van der Waals surface area contributed by atoms with Crippen LogP contribution in [0.3, 0.4) is 0 Å². The summed E-state index contributed by atoms with van der Waals surface area (Å²) in [7, 11) is 1.92. The molecule has 1 fully saturated rings. The molecule has 0 radical (unpaired) electrons. The molecule has 1 aromatic carbocycles. The summed E-state index contributed by atoms with van der Waals surface area (Å²) in [5, 5.41) is 8.35. The van der Waals surface area contributed by atoms with Gasteiger partial charge in [-0.1, -0.05) is 41.9 Å². The molecule has 2 heterocycles. The Hall–Kier alpha value is -2.43. The zero-order valence-corrected chi connectivity index (χ0v) is 12.6. The van der Waals surface area contributed by atoms with Gasteiger partial charge in [0.25, 0.3) is 0 Å². The fraction of sp³-hybridized carbons (Fsp3) is 0.353. The maximum absolute atomic E-state index is 5.62. The Morgan fingerprint density at radius 2 is 2.00 bits per heavy atom. The van der Waals surface area contributed by atoms with Crippen molar-refractivity contribution >= 4 is 0 Å². The Bertz CT molecular complexity index is 771. The average Bonchev–Trinajstić information content (AvgIpc) is 3.10. The molecule has 0 unspecified atom stereocenters. The van der Waals surface area contributed by atoms with Crippen LogP contribution >= 0.6 is 0 Å². The van der Waals surface area contributed by atoms with Crippen molar-refractivity contribution < 1.29 is 4.52 Å². The molecule has 3 aromatic rings. The lowest BCUT2D eigenvalue weighted by atomic mass is 9.64. The van der Waals surface area contributed by atoms with Gasteiger partial charge in [-0.15, -0.1) is 0 Å². The van der Waals surface area contributed by atoms with Crippen LogP contribution in [-0.2, 0) is 18.9 Å². The number of hydrogen-bond donors (Lipinski definition) is 0. The van der Waals surface area contributed by atoms with Gasteiger partial charge in [-0.05, 0) is 24.5 Å². The molecule has 0 aliphatic heterocycles. The van der Waals surface area contributed by atoms with Crippen molar-refractivity contribution in [3.05, 3.63) is 65.6 Å². The fourth-order valence-corrected chi connectivity index (χ4v) is 3.17. The van der Waals surface area contributed by atoms with E-state index in [2.05, 4.69) is 39.5 Å². The van der Waals surface area contributed by atoms with Gasteiger partial charge < -0.3 is 4.52 Å². The summed E-state index contributed by atoms with van der Waals surface area (Å²) in [6, 6.07) is 12.5. The Morgan fingerprint density at radius 1 is 1.18 bits per heavy atom. The molecule has 0 spiro atoms. The van der Waals surface area contributed by atoms with E-state index in [-0.39, 0.29) is 5.41 Å². The number of nitrogens with zero attached hydrogens (tertiary/aromatic N) is 4. The van der Waals surface area contributed by atoms with Crippen LogP contribution < -0.4 is 0 Å². The van der Waals surface area contributed by atoms with Gasteiger partial charge in [0.05, 0.1) is 11.8 Å². The van der Waals surface area contributed by atoms with Crippen LogP contribution in [0.2, 0.25) is 0 Å². The highest BCUT2D eigenvalue weighted by Gasteiger charge is 2.45. The molecule has 1 aliphatic rings. The lowest BCUT2D eigenvalue weighted by molar-refractivity contribution is 0.216. The molecule has 2 aromatic heterocycles. The molecule has 0 amide bonds. The molecule has 1 saturated carbocycles. The molecular weight excluding hydrogens is 276 g/mol. The molecular formula is C17H18N4O. The van der Waals surface area contributed by atoms with Gasteiger partial charge in [0.1, 0.15) is 0 Å². The molecule has 1 aliphatic carbocycles. The van der Waals surface area contributed by atoms with E-state index < -0.39 is 0 Å². The number of hydrogen-bond acceptors (Lipinski definition) is 4. The second-order valence-corrected chi connectivity index (χ2v) is 5.94. The van der Waals surface area contributed by atoms with Crippen molar-refractivity contribution in [3.8, 4) is 0 Å². The zero-order chi connectivity index (χ0) is 15.0. The standard InChI is InChI=1S/C17H18N4O/c1-21-14(8-11-18-21)12-15-19-16(22-20-15)17(9-5-10-17)13-6-3-2-4-7-13/h2-4,6-8,11H,5,9-10,12H2,1H3. The first kappa shape index (κ1) is 13.2. The second-order valence-electron chi connectivity index (χ2n) is 5.94. The predicted molar refractivity (Wildman–Crippen MR) is 81.4 cm³/mol. The largest absolute Gasteiger partial charge is 0.338 e. The normalized spacial score (nSPS) is 16.4. The van der Waals surface area contributed by atoms with Crippen molar-refractivity contribution in [1.82, 2.24) is 19.9 Å². The maximum Gasteiger partial charge on any atom is 0.237 e. The van der Waals surface area contributed by atoms with E-state index in [4.69, 9.17) is 4.52 Å². The van der Waals surface area contributed by atoms with Crippen LogP contribution in [0.4, 0.5) is 0 Å². The van der Waals surface area contributed by atoms with Gasteiger partial charge in [0, 0.05) is 18.9 Å². The van der Waals surface area contributed by atoms with Crippen LogP contribution in [0.5, 0.6) is 0 Å². The number of aromatic nitrogens is 4. The third-order valence-corrected chi connectivity index (χ3v) is 4.67. The van der Waals surface area contributed by atoms with E-state index in [1.54, 1.807) is 6.20 Å². The summed E-state index contributed by atoms with van der Waals surface area (Å²) in [5.41, 5.74) is 2.27. The van der Waals surface area contributed by atoms with E-state index in [0.717, 1.165) is 30.3 Å². The highest BCUT2D eigenvalue weighted by Crippen LogP contribution is 2.48. The van der Waals surface area contributed by atoms with Crippen molar-refractivity contribution in [2.75, 3.05) is 0 Å². The van der Waals surface area contributed by atoms with E-state index >= 15 is 0 Å². The van der Waals surface area contributed by atoms with Gasteiger partial charge in [0.2, 0.25) is 5.89 Å². The zero-order valence-electron chi connectivity index (χ0n) is 12.6. The Kier molecular flexibility index (Phi) is 3.06. The fourth-order valence-electron chi connectivity index (χ4n) is 3.17. The number of benzene rings is 1. The highest BCUT2D eigenvalue weighted by atomic mass is 16.5. The maximum atomic E-state index is 5.62. The third-order valence-electron chi connectivity index (χ3n) is 4.67.